The number of hydrogen-bond donors (Lipinski definition) is 1. The molecule has 0 aliphatic carbocycles. The van der Waals surface area contributed by atoms with Crippen LogP contribution in [0.5, 0.6) is 0 Å². The van der Waals surface area contributed by atoms with Crippen molar-refractivity contribution in [2.45, 2.75) is 0 Å². The predicted molar refractivity (Wildman–Crippen MR) is 85.2 cm³/mol. The molecule has 6 heteroatoms. The van der Waals surface area contributed by atoms with Gasteiger partial charge in [-0.15, -0.1) is 0 Å². The summed E-state index contributed by atoms with van der Waals surface area (Å²) in [4.78, 5) is 5.38. The third-order valence-electron chi connectivity index (χ3n) is 2.53. The van der Waals surface area contributed by atoms with Crippen LogP contribution in [0.2, 0.25) is 0 Å². The Morgan fingerprint density at radius 2 is 2.10 bits per heavy atom. The minimum Gasteiger partial charge on any atom is -0.463 e. The monoisotopic (exact) mass is 347 g/mol. The van der Waals surface area contributed by atoms with Crippen LogP contribution in [0.4, 0.5) is 5.13 Å². The van der Waals surface area contributed by atoms with Gasteiger partial charge in [-0.25, -0.2) is 4.98 Å². The number of benzene rings is 1. The molecule has 0 aliphatic rings. The summed E-state index contributed by atoms with van der Waals surface area (Å²) in [5, 5.41) is 4.82. The largest absolute Gasteiger partial charge is 0.463 e. The first-order valence-corrected chi connectivity index (χ1v) is 7.46. The zero-order chi connectivity index (χ0) is 13.8. The number of rotatable bonds is 4. The Balaban J connectivity index is 1.69. The molecule has 100 valence electrons. The molecule has 0 atom stereocenters. The van der Waals surface area contributed by atoms with Crippen LogP contribution in [-0.2, 0) is 0 Å². The number of nitrogens with zero attached hydrogens (tertiary/aromatic N) is 2. The van der Waals surface area contributed by atoms with E-state index in [2.05, 4.69) is 31.4 Å². The lowest BCUT2D eigenvalue weighted by Gasteiger charge is -1.96. The molecule has 4 nitrogen and oxygen atoms in total. The normalized spacial score (nSPS) is 11.1. The summed E-state index contributed by atoms with van der Waals surface area (Å²) >= 11 is 4.97. The van der Waals surface area contributed by atoms with Gasteiger partial charge < -0.3 is 4.42 Å². The second-order valence-corrected chi connectivity index (χ2v) is 5.87. The van der Waals surface area contributed by atoms with Crippen LogP contribution in [0, 0.1) is 0 Å². The Morgan fingerprint density at radius 1 is 1.25 bits per heavy atom. The van der Waals surface area contributed by atoms with Gasteiger partial charge in [-0.05, 0) is 29.8 Å². The van der Waals surface area contributed by atoms with E-state index in [0.717, 1.165) is 20.0 Å². The highest BCUT2D eigenvalue weighted by Crippen LogP contribution is 2.29. The molecular formula is C14H10BrN3OS. The Morgan fingerprint density at radius 3 is 2.85 bits per heavy atom. The Kier molecular flexibility index (Phi) is 3.94. The van der Waals surface area contributed by atoms with Crippen LogP contribution in [0.3, 0.4) is 0 Å². The van der Waals surface area contributed by atoms with Gasteiger partial charge in [0.1, 0.15) is 5.76 Å². The summed E-state index contributed by atoms with van der Waals surface area (Å²) in [7, 11) is 0. The van der Waals surface area contributed by atoms with E-state index in [1.807, 2.05) is 42.6 Å². The number of hydrogen-bond acceptors (Lipinski definition) is 5. The molecule has 1 aromatic carbocycles. The zero-order valence-corrected chi connectivity index (χ0v) is 12.7. The van der Waals surface area contributed by atoms with Gasteiger partial charge in [0.25, 0.3) is 0 Å². The minimum absolute atomic E-state index is 0.696. The smallest absolute Gasteiger partial charge is 0.203 e. The van der Waals surface area contributed by atoms with Crippen LogP contribution in [0.25, 0.3) is 10.4 Å². The summed E-state index contributed by atoms with van der Waals surface area (Å²) in [6.45, 7) is 0. The maximum Gasteiger partial charge on any atom is 0.203 e. The number of halogens is 1. The second-order valence-electron chi connectivity index (χ2n) is 3.92. The van der Waals surface area contributed by atoms with Crippen molar-refractivity contribution < 1.29 is 4.42 Å². The van der Waals surface area contributed by atoms with Gasteiger partial charge in [0.2, 0.25) is 5.13 Å². The molecule has 0 fully saturated rings. The van der Waals surface area contributed by atoms with Crippen molar-refractivity contribution in [1.29, 1.82) is 0 Å². The zero-order valence-electron chi connectivity index (χ0n) is 10.3. The van der Waals surface area contributed by atoms with Gasteiger partial charge in [0.15, 0.2) is 0 Å². The Hall–Kier alpha value is -1.92. The summed E-state index contributed by atoms with van der Waals surface area (Å²) < 4.78 is 6.21. The molecule has 0 bridgehead atoms. The molecule has 3 rings (SSSR count). The second kappa shape index (κ2) is 6.02. The van der Waals surface area contributed by atoms with Crippen LogP contribution in [-0.4, -0.2) is 11.2 Å². The molecule has 1 N–H and O–H groups in total. The van der Waals surface area contributed by atoms with E-state index in [4.69, 9.17) is 4.42 Å². The van der Waals surface area contributed by atoms with Gasteiger partial charge in [0, 0.05) is 10.7 Å². The average molecular weight is 348 g/mol. The molecule has 0 aliphatic heterocycles. The highest BCUT2D eigenvalue weighted by Gasteiger charge is 2.03. The molecule has 2 heterocycles. The Labute approximate surface area is 128 Å². The van der Waals surface area contributed by atoms with E-state index >= 15 is 0 Å². The number of nitrogens with one attached hydrogen (secondary N) is 1. The van der Waals surface area contributed by atoms with Crippen molar-refractivity contribution in [3.8, 4) is 10.4 Å². The fourth-order valence-electron chi connectivity index (χ4n) is 1.59. The van der Waals surface area contributed by atoms with E-state index in [9.17, 15) is 0 Å². The summed E-state index contributed by atoms with van der Waals surface area (Å²) in [5.41, 5.74) is 4.03. The standard InChI is InChI=1S/C14H10BrN3OS/c15-11-5-3-10(4-6-11)13-9-16-14(20-13)18-17-8-12-2-1-7-19-12/h1-9H,(H,16,18)/b17-8+. The van der Waals surface area contributed by atoms with Crippen molar-refractivity contribution >= 4 is 38.6 Å². The topological polar surface area (TPSA) is 50.4 Å². The quantitative estimate of drug-likeness (QED) is 0.553. The summed E-state index contributed by atoms with van der Waals surface area (Å²) in [6.07, 6.45) is 5.05. The van der Waals surface area contributed by atoms with Crippen LogP contribution >= 0.6 is 27.3 Å². The average Bonchev–Trinajstić information content (AvgIpc) is 3.11. The lowest BCUT2D eigenvalue weighted by atomic mass is 10.2. The summed E-state index contributed by atoms with van der Waals surface area (Å²) in [5.74, 6) is 0.696. The molecule has 0 amide bonds. The molecule has 0 saturated heterocycles. The van der Waals surface area contributed by atoms with Gasteiger partial charge >= 0.3 is 0 Å². The molecule has 20 heavy (non-hydrogen) atoms. The van der Waals surface area contributed by atoms with E-state index in [0.29, 0.717) is 5.76 Å². The van der Waals surface area contributed by atoms with Crippen LogP contribution in [0.15, 0.2) is 62.8 Å². The van der Waals surface area contributed by atoms with E-state index < -0.39 is 0 Å². The first kappa shape index (κ1) is 13.1. The fourth-order valence-corrected chi connectivity index (χ4v) is 2.62. The molecule has 0 unspecified atom stereocenters. The fraction of sp³-hybridized carbons (Fsp3) is 0. The van der Waals surface area contributed by atoms with Crippen molar-refractivity contribution in [3.63, 3.8) is 0 Å². The maximum atomic E-state index is 5.15. The van der Waals surface area contributed by atoms with Gasteiger partial charge in [-0.2, -0.15) is 5.10 Å². The van der Waals surface area contributed by atoms with Crippen LogP contribution < -0.4 is 5.43 Å². The van der Waals surface area contributed by atoms with Gasteiger partial charge in [-0.1, -0.05) is 39.4 Å². The van der Waals surface area contributed by atoms with Gasteiger partial charge in [0.05, 0.1) is 17.4 Å². The van der Waals surface area contributed by atoms with E-state index in [-0.39, 0.29) is 0 Å². The lowest BCUT2D eigenvalue weighted by Crippen LogP contribution is -1.87. The maximum absolute atomic E-state index is 5.15. The van der Waals surface area contributed by atoms with Crippen molar-refractivity contribution in [1.82, 2.24) is 4.98 Å². The highest BCUT2D eigenvalue weighted by molar-refractivity contribution is 9.10. The van der Waals surface area contributed by atoms with Crippen molar-refractivity contribution in [2.75, 3.05) is 5.43 Å². The first-order valence-electron chi connectivity index (χ1n) is 5.85. The van der Waals surface area contributed by atoms with Gasteiger partial charge in [-0.3, -0.25) is 5.43 Å². The predicted octanol–water partition coefficient (Wildman–Crippen LogP) is 4.61. The molecule has 0 saturated carbocycles. The number of aromatic nitrogens is 1. The van der Waals surface area contributed by atoms with Crippen LogP contribution in [0.1, 0.15) is 5.76 Å². The number of furan rings is 1. The molecule has 0 radical (unpaired) electrons. The van der Waals surface area contributed by atoms with Crippen molar-refractivity contribution in [2.24, 2.45) is 5.10 Å². The first-order chi connectivity index (χ1) is 9.81. The molecule has 3 aromatic rings. The number of anilines is 1. The minimum atomic E-state index is 0.696. The third-order valence-corrected chi connectivity index (χ3v) is 4.01. The van der Waals surface area contributed by atoms with Crippen molar-refractivity contribution in [3.05, 3.63) is 59.1 Å². The Bertz CT molecular complexity index is 704. The summed E-state index contributed by atoms with van der Waals surface area (Å²) in [6, 6.07) is 11.8. The van der Waals surface area contributed by atoms with E-state index in [1.54, 1.807) is 23.8 Å². The lowest BCUT2D eigenvalue weighted by molar-refractivity contribution is 0.560. The molecule has 0 spiro atoms. The molecular weight excluding hydrogens is 338 g/mol. The third kappa shape index (κ3) is 3.15. The highest BCUT2D eigenvalue weighted by atomic mass is 79.9. The molecule has 2 aromatic heterocycles. The van der Waals surface area contributed by atoms with E-state index in [1.165, 1.54) is 0 Å². The SMILES string of the molecule is Brc1ccc(-c2cnc(N/N=C/c3ccco3)s2)cc1. The number of hydrazone groups is 1. The number of thiazole rings is 1.